The minimum Gasteiger partial charge on any atom is -0.455 e. The Hall–Kier alpha value is -8.06. The molecule has 6 heteroatoms. The van der Waals surface area contributed by atoms with Crippen LogP contribution in [0.25, 0.3) is 109 Å². The topological polar surface area (TPSA) is 56.1 Å². The Morgan fingerprint density at radius 1 is 0.464 bits per heavy atom. The fraction of sp³-hybridized carbons (Fsp3) is 0. The van der Waals surface area contributed by atoms with Crippen molar-refractivity contribution in [3.63, 3.8) is 0 Å². The van der Waals surface area contributed by atoms with E-state index in [-0.39, 0.29) is 0 Å². The predicted octanol–water partition coefficient (Wildman–Crippen LogP) is 13.3. The van der Waals surface area contributed by atoms with Crippen LogP contribution >= 0.6 is 0 Å². The average Bonchev–Trinajstić information content (AvgIpc) is 3.99. The molecule has 0 N–H and O–H groups in total. The molecular formula is C50H27N5O. The smallest absolute Gasteiger partial charge is 0.206 e. The zero-order chi connectivity index (χ0) is 37.1. The summed E-state index contributed by atoms with van der Waals surface area (Å²) < 4.78 is 13.6. The maximum Gasteiger partial charge on any atom is 0.206 e. The summed E-state index contributed by atoms with van der Waals surface area (Å²) in [5.74, 6) is 0. The Morgan fingerprint density at radius 2 is 0.964 bits per heavy atom. The Labute approximate surface area is 319 Å². The molecule has 4 aromatic heterocycles. The van der Waals surface area contributed by atoms with E-state index in [1.807, 2.05) is 42.5 Å². The van der Waals surface area contributed by atoms with E-state index in [1.54, 1.807) is 0 Å². The van der Waals surface area contributed by atoms with Gasteiger partial charge in [-0.15, -0.1) is 0 Å². The molecule has 0 radical (unpaired) electrons. The van der Waals surface area contributed by atoms with Crippen LogP contribution < -0.4 is 0 Å². The summed E-state index contributed by atoms with van der Waals surface area (Å²) in [6.45, 7) is 8.14. The van der Waals surface area contributed by atoms with Crippen LogP contribution in [0.2, 0.25) is 0 Å². The highest BCUT2D eigenvalue weighted by Crippen LogP contribution is 2.45. The number of para-hydroxylation sites is 5. The second kappa shape index (κ2) is 11.2. The van der Waals surface area contributed by atoms with Crippen LogP contribution in [0.15, 0.2) is 168 Å². The van der Waals surface area contributed by atoms with Gasteiger partial charge in [0.25, 0.3) is 0 Å². The molecular weight excluding hydrogens is 687 g/mol. The normalized spacial score (nSPS) is 11.9. The van der Waals surface area contributed by atoms with Crippen LogP contribution in [0.1, 0.15) is 5.56 Å². The van der Waals surface area contributed by atoms with Crippen molar-refractivity contribution in [2.45, 2.75) is 0 Å². The molecule has 0 bridgehead atoms. The first-order valence-corrected chi connectivity index (χ1v) is 18.5. The quantitative estimate of drug-likeness (QED) is 0.171. The van der Waals surface area contributed by atoms with Crippen LogP contribution in [0.5, 0.6) is 0 Å². The number of nitrogens with zero attached hydrogens (tertiary/aromatic N) is 5. The monoisotopic (exact) mass is 713 g/mol. The van der Waals surface area contributed by atoms with Crippen molar-refractivity contribution in [2.24, 2.45) is 0 Å². The van der Waals surface area contributed by atoms with Gasteiger partial charge in [-0.25, -0.2) is 4.85 Å². The Balaban J connectivity index is 1.26. The molecule has 4 heterocycles. The van der Waals surface area contributed by atoms with Gasteiger partial charge in [0.15, 0.2) is 0 Å². The lowest BCUT2D eigenvalue weighted by atomic mass is 10.1. The fourth-order valence-electron chi connectivity index (χ4n) is 9.16. The lowest BCUT2D eigenvalue weighted by Crippen LogP contribution is -2.04. The van der Waals surface area contributed by atoms with Crippen molar-refractivity contribution in [1.29, 1.82) is 5.26 Å². The highest BCUT2D eigenvalue weighted by Gasteiger charge is 2.24. The summed E-state index contributed by atoms with van der Waals surface area (Å²) in [4.78, 5) is 3.86. The Morgan fingerprint density at radius 3 is 1.57 bits per heavy atom. The van der Waals surface area contributed by atoms with Crippen LogP contribution in [0.3, 0.4) is 0 Å². The number of benzene rings is 8. The highest BCUT2D eigenvalue weighted by molar-refractivity contribution is 6.24. The first-order valence-electron chi connectivity index (χ1n) is 18.5. The first-order chi connectivity index (χ1) is 27.7. The summed E-state index contributed by atoms with van der Waals surface area (Å²) in [6.07, 6.45) is 0. The summed E-state index contributed by atoms with van der Waals surface area (Å²) in [5, 5.41) is 19.2. The molecule has 0 fully saturated rings. The minimum absolute atomic E-state index is 0.308. The molecule has 0 aliphatic heterocycles. The summed E-state index contributed by atoms with van der Waals surface area (Å²) >= 11 is 0. The van der Waals surface area contributed by atoms with Crippen LogP contribution in [-0.4, -0.2) is 13.7 Å². The SMILES string of the molecule is [C-]#[N+]c1cc(-n2c3ccccc3c3ccccc32)c(-n2c3ccc(-n4c5ccccc5c5ccccc54)cc3c3c4oc5ccccc5c4ccc32)cc1C#N. The molecule has 258 valence electrons. The van der Waals surface area contributed by atoms with Gasteiger partial charge in [0.1, 0.15) is 11.2 Å². The van der Waals surface area contributed by atoms with Gasteiger partial charge in [-0.2, -0.15) is 5.26 Å². The largest absolute Gasteiger partial charge is 0.455 e. The molecule has 0 aliphatic rings. The molecule has 0 saturated heterocycles. The molecule has 0 saturated carbocycles. The second-order valence-corrected chi connectivity index (χ2v) is 14.3. The summed E-state index contributed by atoms with van der Waals surface area (Å²) in [6, 6.07) is 59.1. The average molecular weight is 714 g/mol. The van der Waals surface area contributed by atoms with E-state index in [0.29, 0.717) is 11.3 Å². The van der Waals surface area contributed by atoms with E-state index < -0.39 is 0 Å². The zero-order valence-corrected chi connectivity index (χ0v) is 29.7. The van der Waals surface area contributed by atoms with Gasteiger partial charge in [-0.1, -0.05) is 91.0 Å². The number of furan rings is 1. The van der Waals surface area contributed by atoms with Crippen molar-refractivity contribution < 1.29 is 4.42 Å². The number of nitriles is 1. The first kappa shape index (κ1) is 30.4. The molecule has 0 aliphatic carbocycles. The maximum absolute atomic E-state index is 10.5. The molecule has 0 unspecified atom stereocenters. The number of hydrogen-bond acceptors (Lipinski definition) is 2. The highest BCUT2D eigenvalue weighted by atomic mass is 16.3. The van der Waals surface area contributed by atoms with E-state index in [0.717, 1.165) is 93.6 Å². The van der Waals surface area contributed by atoms with Gasteiger partial charge in [-0.3, -0.25) is 0 Å². The third-order valence-electron chi connectivity index (χ3n) is 11.5. The second-order valence-electron chi connectivity index (χ2n) is 14.3. The minimum atomic E-state index is 0.308. The maximum atomic E-state index is 10.5. The van der Waals surface area contributed by atoms with Gasteiger partial charge >= 0.3 is 0 Å². The molecule has 0 atom stereocenters. The number of aromatic nitrogens is 3. The molecule has 56 heavy (non-hydrogen) atoms. The molecule has 0 amide bonds. The van der Waals surface area contributed by atoms with Gasteiger partial charge in [0.2, 0.25) is 5.69 Å². The molecule has 12 aromatic rings. The number of rotatable bonds is 3. The lowest BCUT2D eigenvalue weighted by Gasteiger charge is -2.18. The Bertz CT molecular complexity index is 3640. The van der Waals surface area contributed by atoms with E-state index in [9.17, 15) is 5.26 Å². The van der Waals surface area contributed by atoms with E-state index in [1.165, 1.54) is 10.8 Å². The molecule has 6 nitrogen and oxygen atoms in total. The standard InChI is InChI=1S/C50H27N5O/c1-52-39-28-47(54-42-19-9-4-14-34(42)35-15-5-10-20-43(35)54)46(26-30(39)29-51)55-44-24-22-31(53-40-17-7-2-12-32(40)33-13-3-8-18-41(33)53)27-38(44)49-45(55)25-23-37-36-16-6-11-21-48(36)56-50(37)49/h2-28H. The van der Waals surface area contributed by atoms with Crippen LogP contribution in [-0.2, 0) is 0 Å². The van der Waals surface area contributed by atoms with Crippen molar-refractivity contribution in [3.8, 4) is 23.1 Å². The zero-order valence-electron chi connectivity index (χ0n) is 29.7. The third kappa shape index (κ3) is 3.97. The van der Waals surface area contributed by atoms with Crippen LogP contribution in [0, 0.1) is 17.9 Å². The molecule has 8 aromatic carbocycles. The number of fused-ring (bicyclic) bond motifs is 13. The lowest BCUT2D eigenvalue weighted by molar-refractivity contribution is 0.673. The van der Waals surface area contributed by atoms with Gasteiger partial charge in [0, 0.05) is 43.4 Å². The molecule has 12 rings (SSSR count). The van der Waals surface area contributed by atoms with Crippen molar-refractivity contribution in [1.82, 2.24) is 13.7 Å². The van der Waals surface area contributed by atoms with Crippen molar-refractivity contribution >= 4 is 93.0 Å². The van der Waals surface area contributed by atoms with E-state index >= 15 is 0 Å². The van der Waals surface area contributed by atoms with Crippen molar-refractivity contribution in [3.05, 3.63) is 181 Å². The third-order valence-corrected chi connectivity index (χ3v) is 11.5. The van der Waals surface area contributed by atoms with Gasteiger partial charge in [0.05, 0.1) is 68.1 Å². The van der Waals surface area contributed by atoms with Gasteiger partial charge in [-0.05, 0) is 72.8 Å². The number of hydrogen-bond donors (Lipinski definition) is 0. The van der Waals surface area contributed by atoms with Crippen molar-refractivity contribution in [2.75, 3.05) is 0 Å². The Kier molecular flexibility index (Phi) is 6.10. The summed E-state index contributed by atoms with van der Waals surface area (Å²) in [7, 11) is 0. The van der Waals surface area contributed by atoms with Gasteiger partial charge < -0.3 is 18.1 Å². The predicted molar refractivity (Wildman–Crippen MR) is 228 cm³/mol. The fourth-order valence-corrected chi connectivity index (χ4v) is 9.16. The van der Waals surface area contributed by atoms with Crippen LogP contribution in [0.4, 0.5) is 5.69 Å². The van der Waals surface area contributed by atoms with E-state index in [2.05, 4.69) is 146 Å². The molecule has 0 spiro atoms. The van der Waals surface area contributed by atoms with E-state index in [4.69, 9.17) is 11.0 Å². The summed E-state index contributed by atoms with van der Waals surface area (Å²) in [5.41, 5.74) is 11.1.